The van der Waals surface area contributed by atoms with Crippen molar-refractivity contribution < 1.29 is 5.11 Å². The van der Waals surface area contributed by atoms with Gasteiger partial charge < -0.3 is 10.1 Å². The molecule has 2 aromatic rings. The molecule has 3 heteroatoms. The standard InChI is InChI=1S/C11H13NOS/c1-8-11(14-7-6-13)9-4-2-3-5-10(9)12-8/h2-5,12-13H,6-7H2,1H3. The lowest BCUT2D eigenvalue weighted by molar-refractivity contribution is 0.322. The first-order chi connectivity index (χ1) is 6.83. The van der Waals surface area contributed by atoms with Crippen LogP contribution in [0.15, 0.2) is 29.2 Å². The summed E-state index contributed by atoms with van der Waals surface area (Å²) >= 11 is 1.70. The van der Waals surface area contributed by atoms with Gasteiger partial charge in [-0.05, 0) is 13.0 Å². The monoisotopic (exact) mass is 207 g/mol. The van der Waals surface area contributed by atoms with Gasteiger partial charge in [-0.1, -0.05) is 18.2 Å². The SMILES string of the molecule is Cc1[nH]c2ccccc2c1SCCO. The number of H-pyrrole nitrogens is 1. The van der Waals surface area contributed by atoms with Crippen LogP contribution in [0.5, 0.6) is 0 Å². The zero-order chi connectivity index (χ0) is 9.97. The Morgan fingerprint density at radius 3 is 2.93 bits per heavy atom. The lowest BCUT2D eigenvalue weighted by Crippen LogP contribution is -1.85. The summed E-state index contributed by atoms with van der Waals surface area (Å²) in [7, 11) is 0. The number of aliphatic hydroxyl groups excluding tert-OH is 1. The van der Waals surface area contributed by atoms with Crippen LogP contribution in [0, 0.1) is 6.92 Å². The largest absolute Gasteiger partial charge is 0.396 e. The molecule has 0 saturated carbocycles. The van der Waals surface area contributed by atoms with Crippen LogP contribution in [-0.2, 0) is 0 Å². The van der Waals surface area contributed by atoms with Crippen LogP contribution >= 0.6 is 11.8 Å². The Balaban J connectivity index is 2.45. The van der Waals surface area contributed by atoms with E-state index in [0.717, 1.165) is 5.75 Å². The van der Waals surface area contributed by atoms with Gasteiger partial charge in [0, 0.05) is 27.2 Å². The summed E-state index contributed by atoms with van der Waals surface area (Å²) in [6.07, 6.45) is 0. The van der Waals surface area contributed by atoms with Crippen molar-refractivity contribution in [2.24, 2.45) is 0 Å². The molecule has 2 N–H and O–H groups in total. The third-order valence-corrected chi connectivity index (χ3v) is 3.37. The second kappa shape index (κ2) is 4.07. The topological polar surface area (TPSA) is 36.0 Å². The zero-order valence-corrected chi connectivity index (χ0v) is 8.90. The molecule has 2 nitrogen and oxygen atoms in total. The molecule has 14 heavy (non-hydrogen) atoms. The summed E-state index contributed by atoms with van der Waals surface area (Å²) < 4.78 is 0. The Morgan fingerprint density at radius 1 is 1.36 bits per heavy atom. The molecule has 2 rings (SSSR count). The third-order valence-electron chi connectivity index (χ3n) is 2.17. The van der Waals surface area contributed by atoms with Gasteiger partial charge in [-0.15, -0.1) is 11.8 Å². The average Bonchev–Trinajstić information content (AvgIpc) is 2.51. The summed E-state index contributed by atoms with van der Waals surface area (Å²) in [6.45, 7) is 2.29. The third kappa shape index (κ3) is 1.65. The van der Waals surface area contributed by atoms with Gasteiger partial charge in [0.25, 0.3) is 0 Å². The normalized spacial score (nSPS) is 11.0. The number of aromatic amines is 1. The van der Waals surface area contributed by atoms with Crippen molar-refractivity contribution >= 4 is 22.7 Å². The lowest BCUT2D eigenvalue weighted by atomic mass is 10.2. The molecular formula is C11H13NOS. The van der Waals surface area contributed by atoms with Gasteiger partial charge in [-0.25, -0.2) is 0 Å². The molecule has 1 aromatic heterocycles. The Kier molecular flexibility index (Phi) is 2.79. The van der Waals surface area contributed by atoms with Crippen molar-refractivity contribution in [3.63, 3.8) is 0 Å². The highest BCUT2D eigenvalue weighted by Crippen LogP contribution is 2.30. The predicted molar refractivity (Wildman–Crippen MR) is 60.8 cm³/mol. The highest BCUT2D eigenvalue weighted by molar-refractivity contribution is 7.99. The predicted octanol–water partition coefficient (Wildman–Crippen LogP) is 2.56. The maximum absolute atomic E-state index is 8.80. The van der Waals surface area contributed by atoms with Gasteiger partial charge in [-0.2, -0.15) is 0 Å². The molecule has 0 bridgehead atoms. The highest BCUT2D eigenvalue weighted by atomic mass is 32.2. The zero-order valence-electron chi connectivity index (χ0n) is 8.08. The fourth-order valence-corrected chi connectivity index (χ4v) is 2.48. The van der Waals surface area contributed by atoms with Crippen LogP contribution in [-0.4, -0.2) is 22.5 Å². The number of nitrogens with one attached hydrogen (secondary N) is 1. The van der Waals surface area contributed by atoms with Crippen molar-refractivity contribution in [2.75, 3.05) is 12.4 Å². The van der Waals surface area contributed by atoms with E-state index in [2.05, 4.69) is 24.0 Å². The maximum Gasteiger partial charge on any atom is 0.0525 e. The molecule has 74 valence electrons. The molecule has 0 radical (unpaired) electrons. The van der Waals surface area contributed by atoms with Gasteiger partial charge >= 0.3 is 0 Å². The average molecular weight is 207 g/mol. The van der Waals surface area contributed by atoms with Gasteiger partial charge in [0.15, 0.2) is 0 Å². The number of aliphatic hydroxyl groups is 1. The summed E-state index contributed by atoms with van der Waals surface area (Å²) in [5, 5.41) is 10.1. The minimum atomic E-state index is 0.226. The van der Waals surface area contributed by atoms with E-state index in [-0.39, 0.29) is 6.61 Å². The number of benzene rings is 1. The van der Waals surface area contributed by atoms with E-state index in [1.54, 1.807) is 11.8 Å². The second-order valence-corrected chi connectivity index (χ2v) is 4.30. The van der Waals surface area contributed by atoms with Crippen molar-refractivity contribution in [1.29, 1.82) is 0 Å². The first-order valence-electron chi connectivity index (χ1n) is 4.64. The molecule has 0 aliphatic rings. The number of hydrogen-bond donors (Lipinski definition) is 2. The number of para-hydroxylation sites is 1. The van der Waals surface area contributed by atoms with Crippen LogP contribution in [0.1, 0.15) is 5.69 Å². The van der Waals surface area contributed by atoms with Crippen LogP contribution in [0.4, 0.5) is 0 Å². The number of hydrogen-bond acceptors (Lipinski definition) is 2. The number of thioether (sulfide) groups is 1. The van der Waals surface area contributed by atoms with E-state index in [1.807, 2.05) is 12.1 Å². The second-order valence-electron chi connectivity index (χ2n) is 3.20. The van der Waals surface area contributed by atoms with Gasteiger partial charge in [0.1, 0.15) is 0 Å². The molecule has 1 aromatic carbocycles. The first-order valence-corrected chi connectivity index (χ1v) is 5.62. The van der Waals surface area contributed by atoms with Gasteiger partial charge in [0.2, 0.25) is 0 Å². The molecule has 0 amide bonds. The van der Waals surface area contributed by atoms with E-state index in [4.69, 9.17) is 5.11 Å². The summed E-state index contributed by atoms with van der Waals surface area (Å²) in [5.74, 6) is 0.753. The Labute approximate surface area is 87.3 Å². The molecule has 1 heterocycles. The highest BCUT2D eigenvalue weighted by Gasteiger charge is 2.07. The fourth-order valence-electron chi connectivity index (χ4n) is 1.58. The fraction of sp³-hybridized carbons (Fsp3) is 0.273. The Hall–Kier alpha value is -0.930. The summed E-state index contributed by atoms with van der Waals surface area (Å²) in [5.41, 5.74) is 2.36. The molecule has 0 fully saturated rings. The number of aromatic nitrogens is 1. The smallest absolute Gasteiger partial charge is 0.0525 e. The number of aryl methyl sites for hydroxylation is 1. The van der Waals surface area contributed by atoms with E-state index in [0.29, 0.717) is 0 Å². The van der Waals surface area contributed by atoms with Crippen molar-refractivity contribution in [3.05, 3.63) is 30.0 Å². The Bertz CT molecular complexity index is 436. The van der Waals surface area contributed by atoms with E-state index < -0.39 is 0 Å². The van der Waals surface area contributed by atoms with E-state index in [9.17, 15) is 0 Å². The molecule has 0 atom stereocenters. The van der Waals surface area contributed by atoms with Gasteiger partial charge in [0.05, 0.1) is 6.61 Å². The summed E-state index contributed by atoms with van der Waals surface area (Å²) in [6, 6.07) is 8.25. The van der Waals surface area contributed by atoms with Crippen molar-refractivity contribution in [2.45, 2.75) is 11.8 Å². The van der Waals surface area contributed by atoms with Crippen LogP contribution in [0.2, 0.25) is 0 Å². The summed E-state index contributed by atoms with van der Waals surface area (Å²) in [4.78, 5) is 4.59. The number of fused-ring (bicyclic) bond motifs is 1. The van der Waals surface area contributed by atoms with E-state index in [1.165, 1.54) is 21.5 Å². The maximum atomic E-state index is 8.80. The minimum Gasteiger partial charge on any atom is -0.396 e. The number of rotatable bonds is 3. The first kappa shape index (κ1) is 9.62. The molecule has 0 aliphatic carbocycles. The lowest BCUT2D eigenvalue weighted by Gasteiger charge is -1.98. The van der Waals surface area contributed by atoms with Crippen molar-refractivity contribution in [3.8, 4) is 0 Å². The van der Waals surface area contributed by atoms with Crippen LogP contribution < -0.4 is 0 Å². The quantitative estimate of drug-likeness (QED) is 0.759. The van der Waals surface area contributed by atoms with Crippen LogP contribution in [0.25, 0.3) is 10.9 Å². The molecule has 0 aliphatic heterocycles. The van der Waals surface area contributed by atoms with E-state index >= 15 is 0 Å². The molecule has 0 unspecified atom stereocenters. The van der Waals surface area contributed by atoms with Crippen LogP contribution in [0.3, 0.4) is 0 Å². The molecular weight excluding hydrogens is 194 g/mol. The molecule has 0 saturated heterocycles. The van der Waals surface area contributed by atoms with Gasteiger partial charge in [-0.3, -0.25) is 0 Å². The van der Waals surface area contributed by atoms with Crippen molar-refractivity contribution in [1.82, 2.24) is 4.98 Å². The Morgan fingerprint density at radius 2 is 2.14 bits per heavy atom. The molecule has 0 spiro atoms. The minimum absolute atomic E-state index is 0.226.